The highest BCUT2D eigenvalue weighted by molar-refractivity contribution is 6.29. The molecule has 2 atom stereocenters. The van der Waals surface area contributed by atoms with E-state index in [1.807, 2.05) is 20.8 Å². The summed E-state index contributed by atoms with van der Waals surface area (Å²) >= 11 is 5.83. The molecule has 10 heteroatoms. The SMILES string of the molecule is CC(C)(C)C1C(OCC(=O)Nc2cn3nc(Cl)ccc3n2)CCN1C(=O)O. The first-order valence-electron chi connectivity index (χ1n) is 8.58. The number of aromatic nitrogens is 3. The van der Waals surface area contributed by atoms with Crippen LogP contribution in [0.4, 0.5) is 10.6 Å². The Kier molecular flexibility index (Phi) is 5.25. The third kappa shape index (κ3) is 4.30. The Bertz CT molecular complexity index is 863. The Hall–Kier alpha value is -2.39. The van der Waals surface area contributed by atoms with E-state index in [1.165, 1.54) is 9.42 Å². The molecule has 2 amide bonds. The van der Waals surface area contributed by atoms with Gasteiger partial charge in [0.05, 0.1) is 18.3 Å². The van der Waals surface area contributed by atoms with Crippen molar-refractivity contribution in [2.45, 2.75) is 39.3 Å². The third-order valence-electron chi connectivity index (χ3n) is 4.46. The molecule has 0 radical (unpaired) electrons. The number of anilines is 1. The third-order valence-corrected chi connectivity index (χ3v) is 4.66. The summed E-state index contributed by atoms with van der Waals surface area (Å²) in [5.41, 5.74) is 0.249. The molecular formula is C17H22ClN5O4. The summed E-state index contributed by atoms with van der Waals surface area (Å²) in [5.74, 6) is -0.0322. The molecular weight excluding hydrogens is 374 g/mol. The second-order valence-electron chi connectivity index (χ2n) is 7.56. The van der Waals surface area contributed by atoms with Crippen molar-refractivity contribution in [3.05, 3.63) is 23.5 Å². The summed E-state index contributed by atoms with van der Waals surface area (Å²) in [4.78, 5) is 29.3. The molecule has 0 aromatic carbocycles. The van der Waals surface area contributed by atoms with E-state index in [0.717, 1.165) is 0 Å². The zero-order valence-corrected chi connectivity index (χ0v) is 16.1. The molecule has 146 valence electrons. The lowest BCUT2D eigenvalue weighted by Crippen LogP contribution is -2.48. The number of carbonyl (C=O) groups excluding carboxylic acids is 1. The lowest BCUT2D eigenvalue weighted by Gasteiger charge is -2.36. The molecule has 2 unspecified atom stereocenters. The van der Waals surface area contributed by atoms with E-state index >= 15 is 0 Å². The van der Waals surface area contributed by atoms with E-state index in [0.29, 0.717) is 29.6 Å². The Morgan fingerprint density at radius 3 is 2.81 bits per heavy atom. The summed E-state index contributed by atoms with van der Waals surface area (Å²) in [6.07, 6.45) is 0.798. The van der Waals surface area contributed by atoms with E-state index in [1.54, 1.807) is 18.3 Å². The van der Waals surface area contributed by atoms with Crippen LogP contribution in [0, 0.1) is 5.41 Å². The Morgan fingerprint density at radius 2 is 2.15 bits per heavy atom. The van der Waals surface area contributed by atoms with Crippen molar-refractivity contribution in [3.8, 4) is 0 Å². The van der Waals surface area contributed by atoms with E-state index < -0.39 is 6.09 Å². The summed E-state index contributed by atoms with van der Waals surface area (Å²) < 4.78 is 7.23. The summed E-state index contributed by atoms with van der Waals surface area (Å²) in [6, 6.07) is 2.98. The van der Waals surface area contributed by atoms with Gasteiger partial charge in [-0.25, -0.2) is 14.3 Å². The fourth-order valence-electron chi connectivity index (χ4n) is 3.46. The average molecular weight is 396 g/mol. The van der Waals surface area contributed by atoms with Crippen molar-refractivity contribution in [2.75, 3.05) is 18.5 Å². The number of carboxylic acid groups (broad SMARTS) is 1. The van der Waals surface area contributed by atoms with Gasteiger partial charge in [-0.15, -0.1) is 0 Å². The van der Waals surface area contributed by atoms with Gasteiger partial charge in [-0.05, 0) is 24.0 Å². The van der Waals surface area contributed by atoms with Crippen LogP contribution in [0.1, 0.15) is 27.2 Å². The van der Waals surface area contributed by atoms with Crippen LogP contribution < -0.4 is 5.32 Å². The second-order valence-corrected chi connectivity index (χ2v) is 7.95. The van der Waals surface area contributed by atoms with Crippen molar-refractivity contribution < 1.29 is 19.4 Å². The van der Waals surface area contributed by atoms with Crippen LogP contribution in [0.5, 0.6) is 0 Å². The van der Waals surface area contributed by atoms with Gasteiger partial charge in [0.15, 0.2) is 11.5 Å². The zero-order chi connectivity index (χ0) is 19.8. The predicted octanol–water partition coefficient (Wildman–Crippen LogP) is 2.50. The van der Waals surface area contributed by atoms with Gasteiger partial charge in [0.2, 0.25) is 0 Å². The van der Waals surface area contributed by atoms with Gasteiger partial charge >= 0.3 is 6.09 Å². The number of nitrogens with one attached hydrogen (secondary N) is 1. The maximum absolute atomic E-state index is 12.2. The number of halogens is 1. The highest BCUT2D eigenvalue weighted by Crippen LogP contribution is 2.34. The van der Waals surface area contributed by atoms with E-state index in [4.69, 9.17) is 16.3 Å². The highest BCUT2D eigenvalue weighted by atomic mass is 35.5. The molecule has 3 heterocycles. The fraction of sp³-hybridized carbons (Fsp3) is 0.529. The maximum Gasteiger partial charge on any atom is 0.407 e. The van der Waals surface area contributed by atoms with Gasteiger partial charge in [-0.1, -0.05) is 32.4 Å². The molecule has 2 aromatic heterocycles. The Labute approximate surface area is 161 Å². The van der Waals surface area contributed by atoms with Crippen molar-refractivity contribution in [3.63, 3.8) is 0 Å². The fourth-order valence-corrected chi connectivity index (χ4v) is 3.60. The number of carbonyl (C=O) groups is 2. The van der Waals surface area contributed by atoms with Crippen molar-refractivity contribution in [1.82, 2.24) is 19.5 Å². The van der Waals surface area contributed by atoms with Crippen molar-refractivity contribution in [1.29, 1.82) is 0 Å². The van der Waals surface area contributed by atoms with Crippen LogP contribution in [0.25, 0.3) is 5.65 Å². The number of rotatable bonds is 4. The van der Waals surface area contributed by atoms with Crippen LogP contribution in [0.3, 0.4) is 0 Å². The van der Waals surface area contributed by atoms with Gasteiger partial charge in [0.1, 0.15) is 11.8 Å². The monoisotopic (exact) mass is 395 g/mol. The number of amides is 2. The van der Waals surface area contributed by atoms with E-state index in [-0.39, 0.29) is 30.1 Å². The number of hydrogen-bond donors (Lipinski definition) is 2. The molecule has 2 aromatic rings. The number of fused-ring (bicyclic) bond motifs is 1. The molecule has 2 N–H and O–H groups in total. The van der Waals surface area contributed by atoms with Crippen molar-refractivity contribution >= 4 is 35.1 Å². The minimum absolute atomic E-state index is 0.188. The van der Waals surface area contributed by atoms with Crippen LogP contribution in [0.2, 0.25) is 5.15 Å². The molecule has 0 saturated carbocycles. The Balaban J connectivity index is 1.61. The molecule has 9 nitrogen and oxygen atoms in total. The maximum atomic E-state index is 12.2. The van der Waals surface area contributed by atoms with Gasteiger partial charge in [0, 0.05) is 6.54 Å². The highest BCUT2D eigenvalue weighted by Gasteiger charge is 2.44. The largest absolute Gasteiger partial charge is 0.465 e. The minimum Gasteiger partial charge on any atom is -0.465 e. The molecule has 27 heavy (non-hydrogen) atoms. The standard InChI is InChI=1S/C17H22ClN5O4/c1-17(2,3)15-10(6-7-22(15)16(25)26)27-9-14(24)20-12-8-23-13(19-12)5-4-11(18)21-23/h4-5,8,10,15H,6-7,9H2,1-3H3,(H,20,24)(H,25,26). The molecule has 0 spiro atoms. The lowest BCUT2D eigenvalue weighted by molar-refractivity contribution is -0.123. The predicted molar refractivity (Wildman–Crippen MR) is 99.0 cm³/mol. The van der Waals surface area contributed by atoms with Crippen molar-refractivity contribution in [2.24, 2.45) is 5.41 Å². The van der Waals surface area contributed by atoms with Gasteiger partial charge in [-0.2, -0.15) is 5.10 Å². The lowest BCUT2D eigenvalue weighted by atomic mass is 9.84. The number of imidazole rings is 1. The van der Waals surface area contributed by atoms with E-state index in [9.17, 15) is 14.7 Å². The summed E-state index contributed by atoms with van der Waals surface area (Å²) in [7, 11) is 0. The average Bonchev–Trinajstić information content (AvgIpc) is 3.15. The van der Waals surface area contributed by atoms with Crippen LogP contribution in [-0.4, -0.2) is 61.9 Å². The van der Waals surface area contributed by atoms with Crippen LogP contribution >= 0.6 is 11.6 Å². The quantitative estimate of drug-likeness (QED) is 0.823. The zero-order valence-electron chi connectivity index (χ0n) is 15.3. The minimum atomic E-state index is -0.971. The first-order valence-corrected chi connectivity index (χ1v) is 8.96. The first-order chi connectivity index (χ1) is 12.6. The molecule has 0 bridgehead atoms. The number of hydrogen-bond acceptors (Lipinski definition) is 5. The van der Waals surface area contributed by atoms with Gasteiger partial charge in [-0.3, -0.25) is 4.79 Å². The smallest absolute Gasteiger partial charge is 0.407 e. The number of nitrogens with zero attached hydrogens (tertiary/aromatic N) is 4. The molecule has 1 aliphatic heterocycles. The topological polar surface area (TPSA) is 109 Å². The molecule has 1 aliphatic rings. The number of likely N-dealkylation sites (tertiary alicyclic amines) is 1. The number of ether oxygens (including phenoxy) is 1. The first kappa shape index (κ1) is 19.4. The Morgan fingerprint density at radius 1 is 1.41 bits per heavy atom. The summed E-state index contributed by atoms with van der Waals surface area (Å²) in [5, 5.41) is 16.4. The molecule has 1 fully saturated rings. The molecule has 0 aliphatic carbocycles. The normalized spacial score (nSPS) is 20.2. The second kappa shape index (κ2) is 7.32. The van der Waals surface area contributed by atoms with Gasteiger partial charge < -0.3 is 20.1 Å². The molecule has 3 rings (SSSR count). The van der Waals surface area contributed by atoms with Crippen LogP contribution in [-0.2, 0) is 9.53 Å². The summed E-state index contributed by atoms with van der Waals surface area (Å²) in [6.45, 7) is 6.09. The van der Waals surface area contributed by atoms with Crippen LogP contribution in [0.15, 0.2) is 18.3 Å². The molecule has 1 saturated heterocycles. The van der Waals surface area contributed by atoms with Gasteiger partial charge in [0.25, 0.3) is 5.91 Å². The van der Waals surface area contributed by atoms with E-state index in [2.05, 4.69) is 15.4 Å².